The summed E-state index contributed by atoms with van der Waals surface area (Å²) in [6, 6.07) is 12.1. The first-order valence-electron chi connectivity index (χ1n) is 42.7. The molecule has 10 bridgehead atoms. The van der Waals surface area contributed by atoms with Gasteiger partial charge in [-0.1, -0.05) is 100.0 Å². The van der Waals surface area contributed by atoms with Gasteiger partial charge in [-0.2, -0.15) is 0 Å². The molecule has 712 valence electrons. The molecule has 13 rings (SSSR count). The number of phenolic OH excluding ortho intramolecular Hbond substituents is 4. The Bertz CT molecular complexity index is 5330. The molecule has 6 aliphatic rings. The third-order valence-electron chi connectivity index (χ3n) is 23.2. The molecule has 132 heavy (non-hydrogen) atoms. The number of unbranched alkanes of at least 4 members (excludes halogenated alkanes) is 3. The zero-order valence-electron chi connectivity index (χ0n) is 72.8. The van der Waals surface area contributed by atoms with Crippen molar-refractivity contribution in [3.05, 3.63) is 165 Å². The summed E-state index contributed by atoms with van der Waals surface area (Å²) in [5, 5.41) is 170. The third kappa shape index (κ3) is 23.3. The number of aliphatic carboxylic acids is 1. The topological polar surface area (TPSA) is 588 Å². The lowest BCUT2D eigenvalue weighted by atomic mass is 9.90. The minimum absolute atomic E-state index is 0.0194. The van der Waals surface area contributed by atoms with Crippen LogP contribution < -0.4 is 66.2 Å². The number of fused-ring (bicyclic) bond motifs is 9. The van der Waals surface area contributed by atoms with Gasteiger partial charge in [0.05, 0.1) is 36.0 Å². The molecule has 6 heterocycles. The Balaban J connectivity index is 0.889. The number of aromatic hydroxyl groups is 4. The quantitative estimate of drug-likeness (QED) is 0.0242. The van der Waals surface area contributed by atoms with Crippen molar-refractivity contribution in [1.82, 2.24) is 42.5 Å². The van der Waals surface area contributed by atoms with Crippen molar-refractivity contribution in [2.45, 2.75) is 214 Å². The van der Waals surface area contributed by atoms with Crippen LogP contribution in [0.4, 0.5) is 0 Å². The number of carbonyl (C=O) groups is 8. The summed E-state index contributed by atoms with van der Waals surface area (Å²) in [6.07, 6.45) is -21.1. The molecule has 11 unspecified atom stereocenters. The minimum Gasteiger partial charge on any atom is -0.508 e. The first-order chi connectivity index (χ1) is 62.9. The zero-order valence-corrected chi connectivity index (χ0v) is 74.3. The number of likely N-dealkylation sites (N-methyl/N-ethyl adjacent to an activating group) is 2. The molecule has 0 radical (unpaired) electrons. The highest BCUT2D eigenvalue weighted by atomic mass is 35.5. The van der Waals surface area contributed by atoms with Gasteiger partial charge in [0, 0.05) is 41.2 Å². The number of rotatable bonds is 27. The molecule has 6 amide bonds. The number of hydrogen-bond donors (Lipinski definition) is 21. The van der Waals surface area contributed by atoms with E-state index in [0.29, 0.717) is 17.9 Å². The number of carboxylic acids is 1. The summed E-state index contributed by atoms with van der Waals surface area (Å²) in [4.78, 5) is 114. The van der Waals surface area contributed by atoms with Crippen molar-refractivity contribution in [3.63, 3.8) is 0 Å². The number of ether oxygens (including phenoxy) is 10. The molecule has 23 atom stereocenters. The van der Waals surface area contributed by atoms with E-state index in [1.54, 1.807) is 18.2 Å². The summed E-state index contributed by atoms with van der Waals surface area (Å²) in [6.45, 7) is 7.78. The van der Waals surface area contributed by atoms with Gasteiger partial charge in [0.2, 0.25) is 53.8 Å². The van der Waals surface area contributed by atoms with Crippen molar-refractivity contribution in [1.29, 1.82) is 0 Å². The second-order valence-electron chi connectivity index (χ2n) is 33.4. The Kier molecular flexibility index (Phi) is 33.2. The second kappa shape index (κ2) is 44.0. The van der Waals surface area contributed by atoms with Crippen molar-refractivity contribution < 1.29 is 152 Å². The maximum atomic E-state index is 15.8. The molecule has 21 N–H and O–H groups in total. The van der Waals surface area contributed by atoms with Crippen LogP contribution in [0, 0.1) is 18.8 Å². The highest BCUT2D eigenvalue weighted by molar-refractivity contribution is 6.32. The van der Waals surface area contributed by atoms with E-state index in [1.807, 2.05) is 6.92 Å². The molecule has 6 aliphatic heterocycles. The van der Waals surface area contributed by atoms with Crippen molar-refractivity contribution >= 4 is 70.9 Å². The third-order valence-corrected chi connectivity index (χ3v) is 23.8. The van der Waals surface area contributed by atoms with Crippen LogP contribution in [0.15, 0.2) is 121 Å². The molecule has 0 aliphatic carbocycles. The molecular formula is C91H108Cl2N8O31. The van der Waals surface area contributed by atoms with Crippen LogP contribution in [0.5, 0.6) is 69.0 Å². The van der Waals surface area contributed by atoms with E-state index in [-0.39, 0.29) is 85.4 Å². The van der Waals surface area contributed by atoms with Gasteiger partial charge in [0.1, 0.15) is 150 Å². The van der Waals surface area contributed by atoms with Crippen LogP contribution in [-0.2, 0) is 62.0 Å². The number of aldehydes is 1. The van der Waals surface area contributed by atoms with E-state index in [0.717, 1.165) is 73.7 Å². The number of para-hydroxylation sites is 1. The van der Waals surface area contributed by atoms with E-state index in [9.17, 15) is 99.9 Å². The second-order valence-corrected chi connectivity index (χ2v) is 34.2. The van der Waals surface area contributed by atoms with E-state index in [4.69, 9.17) is 70.6 Å². The number of nitrogens with one attached hydrogen (secondary N) is 8. The summed E-state index contributed by atoms with van der Waals surface area (Å²) >= 11 is 14.0. The molecular weight excluding hydrogens is 1770 g/mol. The molecule has 7 aromatic rings. The first kappa shape index (κ1) is 99.7. The van der Waals surface area contributed by atoms with Gasteiger partial charge < -0.3 is 161 Å². The fraction of sp³-hybridized carbons (Fsp3) is 0.451. The van der Waals surface area contributed by atoms with Crippen molar-refractivity contribution in [3.8, 4) is 80.1 Å². The number of benzene rings is 7. The lowest BCUT2D eigenvalue weighted by Gasteiger charge is -2.44. The minimum atomic E-state index is -2.47. The van der Waals surface area contributed by atoms with E-state index in [1.165, 1.54) is 95.5 Å². The number of aryl methyl sites for hydroxylation is 1. The fourth-order valence-corrected chi connectivity index (χ4v) is 16.4. The average molecular weight is 1880 g/mol. The number of halogens is 2. The summed E-state index contributed by atoms with van der Waals surface area (Å²) in [5.74, 6) is -12.4. The van der Waals surface area contributed by atoms with Gasteiger partial charge in [-0.15, -0.1) is 0 Å². The number of hydrogen-bond acceptors (Lipinski definition) is 32. The lowest BCUT2D eigenvalue weighted by molar-refractivity contribution is -0.301. The van der Waals surface area contributed by atoms with E-state index < -0.39 is 241 Å². The normalized spacial score (nSPS) is 26.6. The number of carboxylic acid groups (broad SMARTS) is 1. The Morgan fingerprint density at radius 2 is 1.33 bits per heavy atom. The van der Waals surface area contributed by atoms with Crippen LogP contribution >= 0.6 is 23.2 Å². The van der Waals surface area contributed by atoms with Crippen LogP contribution in [0.3, 0.4) is 0 Å². The van der Waals surface area contributed by atoms with Gasteiger partial charge in [0.25, 0.3) is 0 Å². The predicted molar refractivity (Wildman–Crippen MR) is 467 cm³/mol. The monoisotopic (exact) mass is 1880 g/mol. The van der Waals surface area contributed by atoms with E-state index >= 15 is 4.79 Å². The predicted octanol–water partition coefficient (Wildman–Crippen LogP) is 4.85. The molecule has 0 spiro atoms. The van der Waals surface area contributed by atoms with Gasteiger partial charge in [-0.05, 0) is 154 Å². The van der Waals surface area contributed by atoms with Crippen LogP contribution in [0.25, 0.3) is 11.1 Å². The summed E-state index contributed by atoms with van der Waals surface area (Å²) in [5.41, 5.74) is -1.21. The molecule has 0 saturated carbocycles. The van der Waals surface area contributed by atoms with Gasteiger partial charge in [-0.25, -0.2) is 4.79 Å². The Labute approximate surface area is 766 Å². The molecule has 3 saturated heterocycles. The Hall–Kier alpha value is -11.3. The number of aliphatic hydroxyl groups is 8. The van der Waals surface area contributed by atoms with E-state index in [2.05, 4.69) is 56.4 Å². The molecule has 39 nitrogen and oxygen atoms in total. The number of carbonyl (C=O) groups excluding carboxylic acids is 7. The van der Waals surface area contributed by atoms with Gasteiger partial charge in [-0.3, -0.25) is 28.8 Å². The fourth-order valence-electron chi connectivity index (χ4n) is 15.9. The lowest BCUT2D eigenvalue weighted by Crippen LogP contribution is -2.65. The summed E-state index contributed by atoms with van der Waals surface area (Å²) in [7, 11) is 2.73. The van der Waals surface area contributed by atoms with Crippen LogP contribution in [-0.4, -0.2) is 252 Å². The average Bonchev–Trinajstić information content (AvgIpc) is 0.796. The molecule has 7 aromatic carbocycles. The molecule has 0 aromatic heterocycles. The Morgan fingerprint density at radius 3 is 2.02 bits per heavy atom. The Morgan fingerprint density at radius 1 is 0.621 bits per heavy atom. The highest BCUT2D eigenvalue weighted by Crippen LogP contribution is 2.50. The zero-order chi connectivity index (χ0) is 95.5. The number of aliphatic hydroxyl groups excluding tert-OH is 8. The van der Waals surface area contributed by atoms with Crippen LogP contribution in [0.2, 0.25) is 10.0 Å². The molecule has 3 fully saturated rings. The van der Waals surface area contributed by atoms with Crippen molar-refractivity contribution in [2.75, 3.05) is 33.9 Å². The summed E-state index contributed by atoms with van der Waals surface area (Å²) < 4.78 is 63.3. The number of amides is 6. The standard InChI is InChI=1S/C91H108Cl2N8O31/c1-39(2)14-11-9-10-12-17-67(108)99-72-78(113)77(112)66-38-123-37-65-76(111)74(109)41(4)89(129-65)131-81(46-21-25-59(54(93)30-46)126-61-16-13-15-60(82(61)132-90(72)130-66)125-58-24-18-40(3)26-53(58)92)73(95-8)87(120)101-71(88(121)122)52-33-49(105)34-63(127-91-80(115)79(114)75(110)64(36-103)128-91)68(52)51-29-44(19-22-56(51)106)55(35-102)98-83(116)42(5)97-86(119)70-47-27-48(104)32-50(28-47)124-62-31-45(20-23-57(62)107)69(94-7)85(118)96-43(6)84(117)100-70/h13,15-16,18-35,39,41-43,55,64-66,69-81,89-91,94-95,103-107,109-115H,9-12,14,17,36-38H2,1-8H3,(H,96,118)(H,97,119)(H,98,116)(H,99,108)(H,100,117)(H,101,120)(H,121,122)/t41?,42-,43-,55?,64?,65-,66?,69?,70+,71?,72-,73+,74-,75-,76?,77-,78?,79?,80?,81-,89?,90+,91+/m1/s1. The highest BCUT2D eigenvalue weighted by Gasteiger charge is 2.51. The largest absolute Gasteiger partial charge is 0.508 e. The SMILES string of the molecule is CNC1C(=O)N[C@H](C)C(=O)N[C@H](C(=O)N[C@H](C)C(=O)NC(C=O)c2ccc(O)c(-c3c(O[C@H]4OC(CO)[C@@H](O)C(O)C4O)cc(O)cc3C(NC(=O)[C@@H](NC)[C@@H]3OC4O[C@H](COCC5O[C@@H](Oc6c(Oc7ccc(C)cc7Cl)cccc6Oc6ccc3cc6Cl)[C@H](NC(=O)CCCCCCC(C)C)C(O)[C@@H]5O)C(O)[C@H](O)C4C)C(=O)O)c2)c2cc(O)cc(c2)Oc2cc1ccc2O. The van der Waals surface area contributed by atoms with Gasteiger partial charge in [0.15, 0.2) is 35.3 Å². The molecule has 41 heteroatoms. The maximum absolute atomic E-state index is 15.8. The van der Waals surface area contributed by atoms with Crippen LogP contribution in [0.1, 0.15) is 137 Å². The number of phenols is 4. The maximum Gasteiger partial charge on any atom is 0.330 e. The van der Waals surface area contributed by atoms with Gasteiger partial charge >= 0.3 is 5.97 Å². The smallest absolute Gasteiger partial charge is 0.330 e. The van der Waals surface area contributed by atoms with Crippen molar-refractivity contribution in [2.24, 2.45) is 11.8 Å². The first-order valence-corrected chi connectivity index (χ1v) is 43.5.